The summed E-state index contributed by atoms with van der Waals surface area (Å²) in [5.41, 5.74) is 7.40. The van der Waals surface area contributed by atoms with Crippen molar-refractivity contribution in [2.75, 3.05) is 17.2 Å². The molecule has 5 nitrogen and oxygen atoms in total. The summed E-state index contributed by atoms with van der Waals surface area (Å²) in [7, 11) is -2.92. The van der Waals surface area contributed by atoms with E-state index in [9.17, 15) is 8.42 Å². The van der Waals surface area contributed by atoms with E-state index in [0.717, 1.165) is 5.56 Å². The van der Waals surface area contributed by atoms with Crippen LogP contribution in [0.4, 0.5) is 5.69 Å². The number of nitrogen functional groups attached to an aromatic ring is 1. The van der Waals surface area contributed by atoms with Crippen LogP contribution >= 0.6 is 0 Å². The molecule has 1 saturated heterocycles. The van der Waals surface area contributed by atoms with Crippen molar-refractivity contribution in [2.24, 2.45) is 5.92 Å². The minimum atomic E-state index is -2.92. The largest absolute Gasteiger partial charge is 0.396 e. The van der Waals surface area contributed by atoms with Gasteiger partial charge in [-0.3, -0.25) is 4.68 Å². The maximum atomic E-state index is 11.8. The van der Waals surface area contributed by atoms with Gasteiger partial charge < -0.3 is 5.73 Å². The molecule has 1 fully saturated rings. The fourth-order valence-corrected chi connectivity index (χ4v) is 4.70. The summed E-state index contributed by atoms with van der Waals surface area (Å²) in [4.78, 5) is 0. The van der Waals surface area contributed by atoms with Gasteiger partial charge in [-0.15, -0.1) is 0 Å². The Hall–Kier alpha value is -1.82. The average Bonchev–Trinajstić information content (AvgIpc) is 2.98. The number of aromatic nitrogens is 2. The molecule has 2 aromatic rings. The lowest BCUT2D eigenvalue weighted by Crippen LogP contribution is -2.22. The number of nitrogens with two attached hydrogens (primary N) is 1. The van der Waals surface area contributed by atoms with Crippen molar-refractivity contribution in [1.82, 2.24) is 9.78 Å². The zero-order valence-corrected chi connectivity index (χ0v) is 11.8. The van der Waals surface area contributed by atoms with Crippen molar-refractivity contribution < 1.29 is 8.42 Å². The molecule has 2 unspecified atom stereocenters. The second-order valence-electron chi connectivity index (χ2n) is 5.27. The van der Waals surface area contributed by atoms with Crippen LogP contribution in [0.3, 0.4) is 0 Å². The van der Waals surface area contributed by atoms with Crippen LogP contribution in [0.25, 0.3) is 0 Å². The predicted molar refractivity (Wildman–Crippen MR) is 78.0 cm³/mol. The van der Waals surface area contributed by atoms with Gasteiger partial charge in [0.1, 0.15) is 0 Å². The molecular formula is C14H17N3O2S. The third kappa shape index (κ3) is 2.56. The molecule has 0 amide bonds. The molecule has 2 N–H and O–H groups in total. The lowest BCUT2D eigenvalue weighted by molar-refractivity contribution is 0.383. The SMILES string of the molecule is Nc1cnn(C(c2ccccc2)C2CCS(=O)(=O)C2)c1. The lowest BCUT2D eigenvalue weighted by Gasteiger charge is -2.23. The second kappa shape index (κ2) is 4.94. The van der Waals surface area contributed by atoms with Gasteiger partial charge in [-0.05, 0) is 12.0 Å². The highest BCUT2D eigenvalue weighted by molar-refractivity contribution is 7.91. The van der Waals surface area contributed by atoms with Crippen LogP contribution in [-0.4, -0.2) is 29.7 Å². The summed E-state index contributed by atoms with van der Waals surface area (Å²) in [5, 5.41) is 4.28. The summed E-state index contributed by atoms with van der Waals surface area (Å²) in [5.74, 6) is 0.520. The summed E-state index contributed by atoms with van der Waals surface area (Å²) in [6.07, 6.45) is 4.03. The molecular weight excluding hydrogens is 274 g/mol. The first kappa shape index (κ1) is 13.2. The van der Waals surface area contributed by atoms with E-state index in [2.05, 4.69) is 5.10 Å². The molecule has 2 atom stereocenters. The van der Waals surface area contributed by atoms with Crippen LogP contribution in [0.2, 0.25) is 0 Å². The Morgan fingerprint density at radius 2 is 2.05 bits per heavy atom. The Bertz CT molecular complexity index is 694. The maximum Gasteiger partial charge on any atom is 0.150 e. The van der Waals surface area contributed by atoms with Gasteiger partial charge >= 0.3 is 0 Å². The Morgan fingerprint density at radius 1 is 1.30 bits per heavy atom. The third-order valence-electron chi connectivity index (χ3n) is 3.76. The first-order valence-corrected chi connectivity index (χ1v) is 8.42. The zero-order valence-electron chi connectivity index (χ0n) is 11.0. The van der Waals surface area contributed by atoms with Gasteiger partial charge in [0.25, 0.3) is 0 Å². The maximum absolute atomic E-state index is 11.8. The molecule has 6 heteroatoms. The number of nitrogens with zero attached hydrogens (tertiary/aromatic N) is 2. The van der Waals surface area contributed by atoms with E-state index in [4.69, 9.17) is 5.73 Å². The molecule has 1 aliphatic heterocycles. The lowest BCUT2D eigenvalue weighted by atomic mass is 9.92. The van der Waals surface area contributed by atoms with Crippen LogP contribution < -0.4 is 5.73 Å². The third-order valence-corrected chi connectivity index (χ3v) is 5.56. The molecule has 1 aromatic heterocycles. The van der Waals surface area contributed by atoms with E-state index in [-0.39, 0.29) is 23.5 Å². The normalized spacial score (nSPS) is 22.7. The van der Waals surface area contributed by atoms with E-state index < -0.39 is 9.84 Å². The van der Waals surface area contributed by atoms with Gasteiger partial charge in [0.15, 0.2) is 9.84 Å². The summed E-state index contributed by atoms with van der Waals surface area (Å²) in [6.45, 7) is 0. The molecule has 1 aromatic carbocycles. The number of rotatable bonds is 3. The topological polar surface area (TPSA) is 78.0 Å². The zero-order chi connectivity index (χ0) is 14.2. The Morgan fingerprint density at radius 3 is 2.60 bits per heavy atom. The highest BCUT2D eigenvalue weighted by Crippen LogP contribution is 2.34. The van der Waals surface area contributed by atoms with Crippen molar-refractivity contribution in [3.63, 3.8) is 0 Å². The minimum Gasteiger partial charge on any atom is -0.396 e. The fraction of sp³-hybridized carbons (Fsp3) is 0.357. The molecule has 2 heterocycles. The Balaban J connectivity index is 2.01. The highest BCUT2D eigenvalue weighted by Gasteiger charge is 2.35. The Kier molecular flexibility index (Phi) is 3.25. The van der Waals surface area contributed by atoms with Gasteiger partial charge in [0.05, 0.1) is 29.4 Å². The van der Waals surface area contributed by atoms with Gasteiger partial charge in [-0.1, -0.05) is 30.3 Å². The quantitative estimate of drug-likeness (QED) is 0.929. The summed E-state index contributed by atoms with van der Waals surface area (Å²) in [6, 6.07) is 9.80. The van der Waals surface area contributed by atoms with Crippen molar-refractivity contribution in [1.29, 1.82) is 0 Å². The first-order chi connectivity index (χ1) is 9.55. The Labute approximate surface area is 118 Å². The van der Waals surface area contributed by atoms with Gasteiger partial charge in [-0.2, -0.15) is 5.10 Å². The van der Waals surface area contributed by atoms with Crippen molar-refractivity contribution >= 4 is 15.5 Å². The second-order valence-corrected chi connectivity index (χ2v) is 7.50. The van der Waals surface area contributed by atoms with Crippen LogP contribution in [0, 0.1) is 5.92 Å². The average molecular weight is 291 g/mol. The molecule has 20 heavy (non-hydrogen) atoms. The molecule has 106 valence electrons. The number of benzene rings is 1. The smallest absolute Gasteiger partial charge is 0.150 e. The van der Waals surface area contributed by atoms with Gasteiger partial charge in [-0.25, -0.2) is 8.42 Å². The number of anilines is 1. The van der Waals surface area contributed by atoms with E-state index in [1.165, 1.54) is 0 Å². The predicted octanol–water partition coefficient (Wildman–Crippen LogP) is 1.49. The standard InChI is InChI=1S/C14H17N3O2S/c15-13-8-16-17(9-13)14(11-4-2-1-3-5-11)12-6-7-20(18,19)10-12/h1-5,8-9,12,14H,6-7,10,15H2. The van der Waals surface area contributed by atoms with E-state index >= 15 is 0 Å². The monoisotopic (exact) mass is 291 g/mol. The molecule has 0 bridgehead atoms. The van der Waals surface area contributed by atoms with Crippen LogP contribution in [0.1, 0.15) is 18.0 Å². The van der Waals surface area contributed by atoms with Gasteiger partial charge in [0.2, 0.25) is 0 Å². The summed E-state index contributed by atoms with van der Waals surface area (Å²) >= 11 is 0. The van der Waals surface area contributed by atoms with Crippen molar-refractivity contribution in [2.45, 2.75) is 12.5 Å². The molecule has 0 saturated carbocycles. The number of hydrogen-bond donors (Lipinski definition) is 1. The molecule has 0 radical (unpaired) electrons. The minimum absolute atomic E-state index is 0.0432. The molecule has 3 rings (SSSR count). The fourth-order valence-electron chi connectivity index (χ4n) is 2.87. The van der Waals surface area contributed by atoms with Crippen LogP contribution in [-0.2, 0) is 9.84 Å². The van der Waals surface area contributed by atoms with Crippen LogP contribution in [0.5, 0.6) is 0 Å². The molecule has 1 aliphatic rings. The van der Waals surface area contributed by atoms with Crippen molar-refractivity contribution in [3.05, 3.63) is 48.3 Å². The summed E-state index contributed by atoms with van der Waals surface area (Å²) < 4.78 is 25.3. The number of sulfone groups is 1. The van der Waals surface area contributed by atoms with Crippen LogP contribution in [0.15, 0.2) is 42.7 Å². The first-order valence-electron chi connectivity index (χ1n) is 6.60. The number of hydrogen-bond acceptors (Lipinski definition) is 4. The van der Waals surface area contributed by atoms with E-state index in [0.29, 0.717) is 12.1 Å². The van der Waals surface area contributed by atoms with Gasteiger partial charge in [0, 0.05) is 12.1 Å². The van der Waals surface area contributed by atoms with E-state index in [1.807, 2.05) is 30.3 Å². The molecule has 0 spiro atoms. The highest BCUT2D eigenvalue weighted by atomic mass is 32.2. The van der Waals surface area contributed by atoms with E-state index in [1.54, 1.807) is 17.1 Å². The molecule has 0 aliphatic carbocycles. The van der Waals surface area contributed by atoms with Crippen molar-refractivity contribution in [3.8, 4) is 0 Å².